The first-order chi connectivity index (χ1) is 9.28. The minimum atomic E-state index is -0.818. The largest absolute Gasteiger partial charge is 0.340 e. The second kappa shape index (κ2) is 4.93. The predicted molar refractivity (Wildman–Crippen MR) is 79.7 cm³/mol. The number of hydrogen-bond acceptors (Lipinski definition) is 2. The summed E-state index contributed by atoms with van der Waals surface area (Å²) < 4.78 is 0. The van der Waals surface area contributed by atoms with E-state index in [1.807, 2.05) is 32.9 Å². The number of rotatable bonds is 2. The van der Waals surface area contributed by atoms with E-state index in [0.29, 0.717) is 6.42 Å². The Morgan fingerprint density at radius 1 is 1.20 bits per heavy atom. The molecule has 1 aliphatic heterocycles. The highest BCUT2D eigenvalue weighted by Gasteiger charge is 2.45. The topological polar surface area (TPSA) is 49.4 Å². The summed E-state index contributed by atoms with van der Waals surface area (Å²) in [5.74, 6) is -0.148. The predicted octanol–water partition coefficient (Wildman–Crippen LogP) is 2.32. The summed E-state index contributed by atoms with van der Waals surface area (Å²) in [5, 5.41) is 2.84. The number of amides is 2. The van der Waals surface area contributed by atoms with Gasteiger partial charge in [0.25, 0.3) is 5.91 Å². The van der Waals surface area contributed by atoms with Crippen molar-refractivity contribution in [3.63, 3.8) is 0 Å². The van der Waals surface area contributed by atoms with Gasteiger partial charge in [-0.25, -0.2) is 0 Å². The lowest BCUT2D eigenvalue weighted by molar-refractivity contribution is -0.137. The van der Waals surface area contributed by atoms with E-state index < -0.39 is 11.6 Å². The fourth-order valence-corrected chi connectivity index (χ4v) is 2.66. The number of hydrogen-bond donors (Lipinski definition) is 1. The zero-order chi connectivity index (χ0) is 15.1. The fourth-order valence-electron chi connectivity index (χ4n) is 2.66. The van der Waals surface area contributed by atoms with Gasteiger partial charge in [-0.15, -0.1) is 0 Å². The maximum atomic E-state index is 12.8. The van der Waals surface area contributed by atoms with Crippen molar-refractivity contribution in [2.75, 3.05) is 4.90 Å². The van der Waals surface area contributed by atoms with Gasteiger partial charge in [-0.05, 0) is 57.4 Å². The van der Waals surface area contributed by atoms with Crippen molar-refractivity contribution in [3.8, 4) is 0 Å². The van der Waals surface area contributed by atoms with E-state index in [0.717, 1.165) is 16.8 Å². The number of nitrogens with zero attached hydrogens (tertiary/aromatic N) is 1. The van der Waals surface area contributed by atoms with Crippen molar-refractivity contribution in [3.05, 3.63) is 29.3 Å². The van der Waals surface area contributed by atoms with Crippen molar-refractivity contribution in [2.24, 2.45) is 0 Å². The molecule has 0 aromatic heterocycles. The van der Waals surface area contributed by atoms with Crippen LogP contribution < -0.4 is 10.2 Å². The highest BCUT2D eigenvalue weighted by Crippen LogP contribution is 2.28. The molecule has 2 amide bonds. The third kappa shape index (κ3) is 2.30. The molecule has 1 aromatic rings. The molecule has 2 rings (SSSR count). The molecule has 0 bridgehead atoms. The van der Waals surface area contributed by atoms with Crippen molar-refractivity contribution in [2.45, 2.75) is 52.6 Å². The fraction of sp³-hybridized carbons (Fsp3) is 0.500. The Labute approximate surface area is 120 Å². The molecule has 0 radical (unpaired) electrons. The Bertz CT molecular complexity index is 547. The summed E-state index contributed by atoms with van der Waals surface area (Å²) in [4.78, 5) is 26.6. The standard InChI is InChI=1S/C16H22N2O2/c1-6-16(5)15(20)18(12(4)14(19)17-16)13-8-10(2)7-11(3)9-13/h7-9,12H,6H2,1-5H3,(H,17,19). The molecule has 4 heteroatoms. The minimum Gasteiger partial charge on any atom is -0.340 e. The minimum absolute atomic E-state index is 0.0444. The summed E-state index contributed by atoms with van der Waals surface area (Å²) in [6, 6.07) is 5.48. The zero-order valence-corrected chi connectivity index (χ0v) is 12.8. The molecule has 2 atom stereocenters. The van der Waals surface area contributed by atoms with Gasteiger partial charge >= 0.3 is 0 Å². The van der Waals surface area contributed by atoms with Crippen LogP contribution in [0.2, 0.25) is 0 Å². The molecule has 0 aliphatic carbocycles. The van der Waals surface area contributed by atoms with E-state index in [-0.39, 0.29) is 11.8 Å². The number of anilines is 1. The van der Waals surface area contributed by atoms with Crippen molar-refractivity contribution in [1.29, 1.82) is 0 Å². The molecule has 4 nitrogen and oxygen atoms in total. The maximum Gasteiger partial charge on any atom is 0.253 e. The third-order valence-corrected chi connectivity index (χ3v) is 4.05. The first-order valence-corrected chi connectivity index (χ1v) is 7.02. The van der Waals surface area contributed by atoms with Crippen LogP contribution in [0.3, 0.4) is 0 Å². The van der Waals surface area contributed by atoms with Gasteiger partial charge in [0.15, 0.2) is 0 Å². The van der Waals surface area contributed by atoms with Crippen LogP contribution in [-0.2, 0) is 9.59 Å². The monoisotopic (exact) mass is 274 g/mol. The molecule has 1 aliphatic rings. The summed E-state index contributed by atoms with van der Waals surface area (Å²) in [7, 11) is 0. The number of benzene rings is 1. The Balaban J connectivity index is 2.51. The molecular weight excluding hydrogens is 252 g/mol. The van der Waals surface area contributed by atoms with Gasteiger partial charge in [0.1, 0.15) is 11.6 Å². The number of carbonyl (C=O) groups excluding carboxylic acids is 2. The van der Waals surface area contributed by atoms with E-state index in [4.69, 9.17) is 0 Å². The average Bonchev–Trinajstić information content (AvgIpc) is 2.36. The number of nitrogens with one attached hydrogen (secondary N) is 1. The Hall–Kier alpha value is -1.84. The second-order valence-corrected chi connectivity index (χ2v) is 5.87. The molecule has 1 aromatic carbocycles. The first-order valence-electron chi connectivity index (χ1n) is 7.02. The molecule has 1 saturated heterocycles. The van der Waals surface area contributed by atoms with Crippen LogP contribution in [0.5, 0.6) is 0 Å². The van der Waals surface area contributed by atoms with Crippen molar-refractivity contribution >= 4 is 17.5 Å². The molecule has 1 fully saturated rings. The first kappa shape index (κ1) is 14.6. The van der Waals surface area contributed by atoms with E-state index in [2.05, 4.69) is 11.4 Å². The maximum absolute atomic E-state index is 12.8. The molecule has 1 N–H and O–H groups in total. The molecule has 0 saturated carbocycles. The van der Waals surface area contributed by atoms with Crippen LogP contribution in [0.25, 0.3) is 0 Å². The summed E-state index contributed by atoms with van der Waals surface area (Å²) in [5.41, 5.74) is 2.16. The summed E-state index contributed by atoms with van der Waals surface area (Å²) >= 11 is 0. The van der Waals surface area contributed by atoms with Crippen LogP contribution >= 0.6 is 0 Å². The van der Waals surface area contributed by atoms with E-state index in [1.54, 1.807) is 18.7 Å². The highest BCUT2D eigenvalue weighted by molar-refractivity contribution is 6.10. The Morgan fingerprint density at radius 3 is 2.25 bits per heavy atom. The van der Waals surface area contributed by atoms with Crippen LogP contribution in [0.15, 0.2) is 18.2 Å². The Kier molecular flexibility index (Phi) is 3.59. The zero-order valence-electron chi connectivity index (χ0n) is 12.8. The van der Waals surface area contributed by atoms with E-state index >= 15 is 0 Å². The highest BCUT2D eigenvalue weighted by atomic mass is 16.2. The summed E-state index contributed by atoms with van der Waals surface area (Å²) in [6.45, 7) is 9.45. The molecule has 20 heavy (non-hydrogen) atoms. The Morgan fingerprint density at radius 2 is 1.75 bits per heavy atom. The average molecular weight is 274 g/mol. The van der Waals surface area contributed by atoms with Crippen LogP contribution in [-0.4, -0.2) is 23.4 Å². The molecule has 108 valence electrons. The lowest BCUT2D eigenvalue weighted by Crippen LogP contribution is -2.68. The molecule has 2 unspecified atom stereocenters. The van der Waals surface area contributed by atoms with Crippen molar-refractivity contribution in [1.82, 2.24) is 5.32 Å². The SMILES string of the molecule is CCC1(C)NC(=O)C(C)N(c2cc(C)cc(C)c2)C1=O. The van der Waals surface area contributed by atoms with Gasteiger partial charge in [0.2, 0.25) is 5.91 Å². The lowest BCUT2D eigenvalue weighted by atomic mass is 9.91. The van der Waals surface area contributed by atoms with E-state index in [1.165, 1.54) is 0 Å². The van der Waals surface area contributed by atoms with Gasteiger partial charge in [-0.2, -0.15) is 0 Å². The normalized spacial score (nSPS) is 26.6. The van der Waals surface area contributed by atoms with Gasteiger partial charge < -0.3 is 5.32 Å². The second-order valence-electron chi connectivity index (χ2n) is 5.87. The summed E-state index contributed by atoms with van der Waals surface area (Å²) in [6.07, 6.45) is 0.575. The number of piperazine rings is 1. The lowest BCUT2D eigenvalue weighted by Gasteiger charge is -2.43. The smallest absolute Gasteiger partial charge is 0.253 e. The van der Waals surface area contributed by atoms with Gasteiger partial charge in [-0.3, -0.25) is 14.5 Å². The van der Waals surface area contributed by atoms with Crippen LogP contribution in [0, 0.1) is 13.8 Å². The number of aryl methyl sites for hydroxylation is 2. The van der Waals surface area contributed by atoms with Gasteiger partial charge in [0.05, 0.1) is 0 Å². The van der Waals surface area contributed by atoms with Crippen LogP contribution in [0.4, 0.5) is 5.69 Å². The molecule has 0 spiro atoms. The third-order valence-electron chi connectivity index (χ3n) is 4.05. The molecule has 1 heterocycles. The number of carbonyl (C=O) groups is 2. The van der Waals surface area contributed by atoms with Gasteiger partial charge in [-0.1, -0.05) is 13.0 Å². The van der Waals surface area contributed by atoms with Gasteiger partial charge in [0, 0.05) is 5.69 Å². The quantitative estimate of drug-likeness (QED) is 0.899. The van der Waals surface area contributed by atoms with Crippen molar-refractivity contribution < 1.29 is 9.59 Å². The van der Waals surface area contributed by atoms with E-state index in [9.17, 15) is 9.59 Å². The molecular formula is C16H22N2O2. The van der Waals surface area contributed by atoms with Crippen LogP contribution in [0.1, 0.15) is 38.3 Å².